The van der Waals surface area contributed by atoms with E-state index in [1.807, 2.05) is 24.4 Å². The standard InChI is InChI=1S/C16H18N4O4S/c1-23-13-8-11(10-20-7-3-6-17-20)9-14-15(13)16(18-24-14)19-25(21,22)12-4-2-5-12/h3,6-9,12H,2,4-5,10H2,1H3,(H,18,19). The van der Waals surface area contributed by atoms with E-state index < -0.39 is 10.0 Å². The van der Waals surface area contributed by atoms with Gasteiger partial charge >= 0.3 is 0 Å². The van der Waals surface area contributed by atoms with E-state index in [0.29, 0.717) is 36.1 Å². The average Bonchev–Trinajstić information content (AvgIpc) is 3.14. The number of fused-ring (bicyclic) bond motifs is 1. The van der Waals surface area contributed by atoms with Gasteiger partial charge in [0.25, 0.3) is 0 Å². The molecule has 8 nitrogen and oxygen atoms in total. The highest BCUT2D eigenvalue weighted by Crippen LogP contribution is 2.36. The first kappa shape index (κ1) is 15.9. The zero-order valence-electron chi connectivity index (χ0n) is 13.7. The molecule has 0 aliphatic heterocycles. The number of ether oxygens (including phenoxy) is 1. The molecule has 1 saturated carbocycles. The van der Waals surface area contributed by atoms with Crippen molar-refractivity contribution in [2.75, 3.05) is 11.8 Å². The fraction of sp³-hybridized carbons (Fsp3) is 0.375. The van der Waals surface area contributed by atoms with E-state index in [9.17, 15) is 8.42 Å². The Morgan fingerprint density at radius 3 is 2.88 bits per heavy atom. The molecule has 2 heterocycles. The van der Waals surface area contributed by atoms with Crippen molar-refractivity contribution in [3.8, 4) is 5.75 Å². The summed E-state index contributed by atoms with van der Waals surface area (Å²) in [5, 5.41) is 8.24. The molecule has 3 aromatic rings. The molecule has 0 spiro atoms. The fourth-order valence-electron chi connectivity index (χ4n) is 2.89. The topological polar surface area (TPSA) is 99.2 Å². The normalized spacial score (nSPS) is 15.2. The maximum absolute atomic E-state index is 12.4. The lowest BCUT2D eigenvalue weighted by Gasteiger charge is -2.24. The fourth-order valence-corrected chi connectivity index (χ4v) is 4.42. The number of methoxy groups -OCH3 is 1. The number of benzene rings is 1. The first-order valence-corrected chi connectivity index (χ1v) is 9.57. The van der Waals surface area contributed by atoms with Crippen molar-refractivity contribution in [2.24, 2.45) is 0 Å². The van der Waals surface area contributed by atoms with E-state index in [1.165, 1.54) is 7.11 Å². The van der Waals surface area contributed by atoms with Crippen molar-refractivity contribution in [2.45, 2.75) is 31.1 Å². The van der Waals surface area contributed by atoms with Crippen LogP contribution in [-0.4, -0.2) is 35.7 Å². The lowest BCUT2D eigenvalue weighted by Crippen LogP contribution is -2.33. The molecule has 0 radical (unpaired) electrons. The molecule has 1 aliphatic rings. The average molecular weight is 362 g/mol. The van der Waals surface area contributed by atoms with Gasteiger partial charge in [-0.05, 0) is 36.6 Å². The summed E-state index contributed by atoms with van der Waals surface area (Å²) < 4.78 is 39.8. The van der Waals surface area contributed by atoms with E-state index in [-0.39, 0.29) is 11.1 Å². The largest absolute Gasteiger partial charge is 0.496 e. The molecule has 25 heavy (non-hydrogen) atoms. The molecule has 132 valence electrons. The van der Waals surface area contributed by atoms with Gasteiger partial charge in [-0.3, -0.25) is 9.40 Å². The Hall–Kier alpha value is -2.55. The van der Waals surface area contributed by atoms with Crippen LogP contribution in [0.25, 0.3) is 11.0 Å². The van der Waals surface area contributed by atoms with Gasteiger partial charge in [0.15, 0.2) is 11.4 Å². The Bertz CT molecular complexity index is 991. The Morgan fingerprint density at radius 1 is 1.40 bits per heavy atom. The number of sulfonamides is 1. The minimum absolute atomic E-state index is 0.171. The maximum Gasteiger partial charge on any atom is 0.236 e. The van der Waals surface area contributed by atoms with Crippen molar-refractivity contribution >= 4 is 26.8 Å². The summed E-state index contributed by atoms with van der Waals surface area (Å²) in [6, 6.07) is 5.49. The molecule has 0 unspecified atom stereocenters. The summed E-state index contributed by atoms with van der Waals surface area (Å²) in [6.07, 6.45) is 5.85. The zero-order valence-corrected chi connectivity index (χ0v) is 14.5. The van der Waals surface area contributed by atoms with Crippen LogP contribution in [0.2, 0.25) is 0 Å². The van der Waals surface area contributed by atoms with Crippen molar-refractivity contribution in [1.82, 2.24) is 14.9 Å². The van der Waals surface area contributed by atoms with Gasteiger partial charge in [0.2, 0.25) is 10.0 Å². The third-order valence-electron chi connectivity index (χ3n) is 4.45. The predicted octanol–water partition coefficient (Wildman–Crippen LogP) is 2.38. The van der Waals surface area contributed by atoms with Crippen molar-refractivity contribution in [3.05, 3.63) is 36.2 Å². The van der Waals surface area contributed by atoms with E-state index in [0.717, 1.165) is 12.0 Å². The van der Waals surface area contributed by atoms with Crippen molar-refractivity contribution < 1.29 is 17.7 Å². The molecule has 1 aromatic carbocycles. The van der Waals surface area contributed by atoms with E-state index in [2.05, 4.69) is 15.0 Å². The van der Waals surface area contributed by atoms with Gasteiger partial charge in [0.05, 0.1) is 18.9 Å². The second-order valence-corrected chi connectivity index (χ2v) is 8.07. The molecule has 0 saturated heterocycles. The summed E-state index contributed by atoms with van der Waals surface area (Å²) in [6.45, 7) is 0.545. The van der Waals surface area contributed by atoms with Crippen molar-refractivity contribution in [1.29, 1.82) is 0 Å². The van der Waals surface area contributed by atoms with Crippen LogP contribution in [-0.2, 0) is 16.6 Å². The van der Waals surface area contributed by atoms with Crippen LogP contribution in [0.5, 0.6) is 5.75 Å². The van der Waals surface area contributed by atoms with Gasteiger partial charge in [0, 0.05) is 12.4 Å². The molecule has 0 bridgehead atoms. The molecule has 2 aromatic heterocycles. The van der Waals surface area contributed by atoms with Gasteiger partial charge in [0.1, 0.15) is 11.1 Å². The molecule has 1 aliphatic carbocycles. The summed E-state index contributed by atoms with van der Waals surface area (Å²) in [5.74, 6) is 0.677. The van der Waals surface area contributed by atoms with Crippen LogP contribution in [0.4, 0.5) is 5.82 Å². The molecule has 9 heteroatoms. The van der Waals surface area contributed by atoms with Gasteiger partial charge in [-0.2, -0.15) is 5.10 Å². The number of anilines is 1. The summed E-state index contributed by atoms with van der Waals surface area (Å²) in [5.41, 5.74) is 1.38. The van der Waals surface area contributed by atoms with Gasteiger partial charge in [-0.25, -0.2) is 8.42 Å². The number of nitrogens with zero attached hydrogens (tertiary/aromatic N) is 3. The first-order chi connectivity index (χ1) is 12.1. The van der Waals surface area contributed by atoms with Crippen LogP contribution in [0.3, 0.4) is 0 Å². The number of hydrogen-bond acceptors (Lipinski definition) is 6. The van der Waals surface area contributed by atoms with Crippen LogP contribution >= 0.6 is 0 Å². The lowest BCUT2D eigenvalue weighted by molar-refractivity contribution is 0.418. The molecule has 0 atom stereocenters. The molecule has 4 rings (SSSR count). The Labute approximate surface area is 144 Å². The van der Waals surface area contributed by atoms with E-state index in [4.69, 9.17) is 9.26 Å². The predicted molar refractivity (Wildman–Crippen MR) is 92.1 cm³/mol. The monoisotopic (exact) mass is 362 g/mol. The van der Waals surface area contributed by atoms with Crippen LogP contribution < -0.4 is 9.46 Å². The smallest absolute Gasteiger partial charge is 0.236 e. The summed E-state index contributed by atoms with van der Waals surface area (Å²) in [7, 11) is -1.92. The Balaban J connectivity index is 1.70. The number of rotatable bonds is 6. The molecular weight excluding hydrogens is 344 g/mol. The van der Waals surface area contributed by atoms with Gasteiger partial charge < -0.3 is 9.26 Å². The molecule has 1 fully saturated rings. The number of aromatic nitrogens is 3. The highest BCUT2D eigenvalue weighted by molar-refractivity contribution is 7.93. The summed E-state index contributed by atoms with van der Waals surface area (Å²) >= 11 is 0. The quantitative estimate of drug-likeness (QED) is 0.723. The third kappa shape index (κ3) is 2.95. The highest BCUT2D eigenvalue weighted by Gasteiger charge is 2.32. The Kier molecular flexibility index (Phi) is 3.87. The minimum Gasteiger partial charge on any atom is -0.496 e. The zero-order chi connectivity index (χ0) is 17.4. The summed E-state index contributed by atoms with van der Waals surface area (Å²) in [4.78, 5) is 0. The highest BCUT2D eigenvalue weighted by atomic mass is 32.2. The first-order valence-electron chi connectivity index (χ1n) is 8.02. The lowest BCUT2D eigenvalue weighted by atomic mass is 10.0. The number of hydrogen-bond donors (Lipinski definition) is 1. The SMILES string of the molecule is COc1cc(Cn2cccn2)cc2onc(NS(=O)(=O)C3CCC3)c12. The molecule has 1 N–H and O–H groups in total. The van der Waals surface area contributed by atoms with Crippen molar-refractivity contribution in [3.63, 3.8) is 0 Å². The van der Waals surface area contributed by atoms with Crippen LogP contribution in [0, 0.1) is 0 Å². The Morgan fingerprint density at radius 2 is 2.24 bits per heavy atom. The third-order valence-corrected chi connectivity index (χ3v) is 6.28. The van der Waals surface area contributed by atoms with Gasteiger partial charge in [-0.1, -0.05) is 11.6 Å². The van der Waals surface area contributed by atoms with E-state index >= 15 is 0 Å². The maximum atomic E-state index is 12.4. The second kappa shape index (κ2) is 6.07. The van der Waals surface area contributed by atoms with Crippen LogP contribution in [0.1, 0.15) is 24.8 Å². The molecular formula is C16H18N4O4S. The number of nitrogens with one attached hydrogen (secondary N) is 1. The molecule has 0 amide bonds. The van der Waals surface area contributed by atoms with Gasteiger partial charge in [-0.15, -0.1) is 0 Å². The second-order valence-electron chi connectivity index (χ2n) is 6.11. The van der Waals surface area contributed by atoms with Crippen LogP contribution in [0.15, 0.2) is 35.1 Å². The minimum atomic E-state index is -3.46. The van der Waals surface area contributed by atoms with E-state index in [1.54, 1.807) is 10.9 Å².